The molecule has 7 nitrogen and oxygen atoms in total. The Labute approximate surface area is 143 Å². The number of hydrogen-bond donors (Lipinski definition) is 0. The topological polar surface area (TPSA) is 80.8 Å². The van der Waals surface area contributed by atoms with Gasteiger partial charge in [0.1, 0.15) is 5.56 Å². The van der Waals surface area contributed by atoms with Gasteiger partial charge in [-0.05, 0) is 12.1 Å². The summed E-state index contributed by atoms with van der Waals surface area (Å²) in [7, 11) is 0. The van der Waals surface area contributed by atoms with Crippen molar-refractivity contribution in [2.24, 2.45) is 0 Å². The Morgan fingerprint density at radius 1 is 1.12 bits per heavy atom. The molecule has 1 aliphatic heterocycles. The smallest absolute Gasteiger partial charge is 0.283 e. The lowest BCUT2D eigenvalue weighted by atomic mass is 10.1. The zero-order valence-electron chi connectivity index (χ0n) is 12.8. The number of halogens is 1. The Balaban J connectivity index is 1.73. The maximum atomic E-state index is 12.6. The Kier molecular flexibility index (Phi) is 4.61. The summed E-state index contributed by atoms with van der Waals surface area (Å²) in [5, 5.41) is 11.4. The number of nitro benzene ring substituents is 1. The number of piperazine rings is 1. The van der Waals surface area contributed by atoms with Crippen LogP contribution in [-0.4, -0.2) is 41.9 Å². The van der Waals surface area contributed by atoms with Gasteiger partial charge in [-0.2, -0.15) is 0 Å². The minimum atomic E-state index is -0.574. The largest absolute Gasteiger partial charge is 0.368 e. The lowest BCUT2D eigenvalue weighted by Gasteiger charge is -2.35. The predicted octanol–water partition coefficient (Wildman–Crippen LogP) is 2.02. The van der Waals surface area contributed by atoms with Crippen molar-refractivity contribution < 1.29 is 14.7 Å². The first-order valence-electron chi connectivity index (χ1n) is 7.50. The van der Waals surface area contributed by atoms with Crippen molar-refractivity contribution in [2.75, 3.05) is 31.1 Å². The summed E-state index contributed by atoms with van der Waals surface area (Å²) in [6.07, 6.45) is 3.70. The average Bonchev–Trinajstić information content (AvgIpc) is 2.62. The van der Waals surface area contributed by atoms with Crippen molar-refractivity contribution in [2.45, 2.75) is 0 Å². The summed E-state index contributed by atoms with van der Waals surface area (Å²) < 4.78 is 0. The molecule has 0 saturated carbocycles. The highest BCUT2D eigenvalue weighted by Crippen LogP contribution is 2.25. The molecular formula is C16H16ClN4O3+. The lowest BCUT2D eigenvalue weighted by Crippen LogP contribution is -2.49. The van der Waals surface area contributed by atoms with E-state index >= 15 is 0 Å². The normalized spacial score (nSPS) is 14.5. The molecule has 1 saturated heterocycles. The summed E-state index contributed by atoms with van der Waals surface area (Å²) in [5.41, 5.74) is 0.902. The fourth-order valence-corrected chi connectivity index (χ4v) is 2.93. The van der Waals surface area contributed by atoms with Gasteiger partial charge in [0.2, 0.25) is 0 Å². The number of amides is 1. The Bertz CT molecular complexity index is 761. The first-order chi connectivity index (χ1) is 11.6. The minimum absolute atomic E-state index is 0.0761. The number of anilines is 1. The monoisotopic (exact) mass is 347 g/mol. The molecule has 24 heavy (non-hydrogen) atoms. The van der Waals surface area contributed by atoms with Gasteiger partial charge < -0.3 is 9.80 Å². The molecule has 8 heteroatoms. The molecule has 2 heterocycles. The first-order valence-corrected chi connectivity index (χ1v) is 7.88. The molecule has 3 rings (SSSR count). The van der Waals surface area contributed by atoms with Crippen molar-refractivity contribution in [3.63, 3.8) is 0 Å². The third kappa shape index (κ3) is 3.30. The zero-order valence-corrected chi connectivity index (χ0v) is 13.6. The number of nitrogens with zero attached hydrogens (tertiary/aromatic N) is 3. The highest BCUT2D eigenvalue weighted by Gasteiger charge is 2.27. The second-order valence-corrected chi connectivity index (χ2v) is 5.89. The number of H-pyrrole nitrogens is 1. The molecule has 124 valence electrons. The number of nitro groups is 1. The van der Waals surface area contributed by atoms with Crippen molar-refractivity contribution in [1.29, 1.82) is 0 Å². The van der Waals surface area contributed by atoms with Gasteiger partial charge in [0.05, 0.1) is 4.92 Å². The van der Waals surface area contributed by atoms with Crippen LogP contribution in [0.2, 0.25) is 5.02 Å². The van der Waals surface area contributed by atoms with Gasteiger partial charge in [-0.25, -0.2) is 4.98 Å². The van der Waals surface area contributed by atoms with Gasteiger partial charge in [0.25, 0.3) is 11.6 Å². The molecule has 1 fully saturated rings. The van der Waals surface area contributed by atoms with E-state index in [0.29, 0.717) is 26.2 Å². The fourth-order valence-electron chi connectivity index (χ4n) is 2.76. The molecular weight excluding hydrogens is 332 g/mol. The van der Waals surface area contributed by atoms with Crippen LogP contribution in [0.4, 0.5) is 11.4 Å². The van der Waals surface area contributed by atoms with Crippen LogP contribution in [0.15, 0.2) is 42.7 Å². The van der Waals surface area contributed by atoms with Gasteiger partial charge in [0, 0.05) is 55.1 Å². The van der Waals surface area contributed by atoms with Gasteiger partial charge in [0.15, 0.2) is 12.4 Å². The van der Waals surface area contributed by atoms with E-state index in [4.69, 9.17) is 11.6 Å². The van der Waals surface area contributed by atoms with Crippen molar-refractivity contribution in [1.82, 2.24) is 4.90 Å². The Morgan fingerprint density at radius 3 is 2.42 bits per heavy atom. The molecule has 0 unspecified atom stereocenters. The molecule has 1 aliphatic rings. The molecule has 0 bridgehead atoms. The molecule has 0 radical (unpaired) electrons. The summed E-state index contributed by atoms with van der Waals surface area (Å²) in [6, 6.07) is 8.08. The van der Waals surface area contributed by atoms with E-state index in [0.717, 1.165) is 5.69 Å². The number of hydrogen-bond acceptors (Lipinski definition) is 4. The van der Waals surface area contributed by atoms with E-state index < -0.39 is 4.92 Å². The Morgan fingerprint density at radius 2 is 1.79 bits per heavy atom. The summed E-state index contributed by atoms with van der Waals surface area (Å²) in [5.74, 6) is -0.334. The van der Waals surface area contributed by atoms with Crippen LogP contribution in [0.5, 0.6) is 0 Å². The second-order valence-electron chi connectivity index (χ2n) is 5.46. The summed E-state index contributed by atoms with van der Waals surface area (Å²) in [6.45, 7) is 2.38. The standard InChI is InChI=1S/C16H15ClN4O3/c17-12-1-2-14(15(11-12)21(23)24)16(22)20-9-7-19(8-10-20)13-3-5-18-6-4-13/h1-6,11H,7-10H2/p+1. The number of benzene rings is 1. The predicted molar refractivity (Wildman–Crippen MR) is 89.2 cm³/mol. The fraction of sp³-hybridized carbons (Fsp3) is 0.250. The third-order valence-corrected chi connectivity index (χ3v) is 4.25. The van der Waals surface area contributed by atoms with Crippen LogP contribution in [0.3, 0.4) is 0 Å². The number of carbonyl (C=O) groups excluding carboxylic acids is 1. The number of carbonyl (C=O) groups is 1. The van der Waals surface area contributed by atoms with Crippen molar-refractivity contribution in [3.8, 4) is 0 Å². The van der Waals surface area contributed by atoms with Crippen molar-refractivity contribution >= 4 is 28.9 Å². The molecule has 1 aromatic heterocycles. The highest BCUT2D eigenvalue weighted by molar-refractivity contribution is 6.31. The molecule has 0 aliphatic carbocycles. The maximum Gasteiger partial charge on any atom is 0.283 e. The summed E-state index contributed by atoms with van der Waals surface area (Å²) >= 11 is 5.80. The number of nitrogens with one attached hydrogen (secondary N) is 1. The van der Waals surface area contributed by atoms with Crippen LogP contribution in [-0.2, 0) is 0 Å². The number of rotatable bonds is 3. The first kappa shape index (κ1) is 16.2. The van der Waals surface area contributed by atoms with Crippen LogP contribution in [0.1, 0.15) is 10.4 Å². The Hall–Kier alpha value is -2.67. The van der Waals surface area contributed by atoms with E-state index in [9.17, 15) is 14.9 Å². The van der Waals surface area contributed by atoms with E-state index in [1.165, 1.54) is 18.2 Å². The maximum absolute atomic E-state index is 12.6. The van der Waals surface area contributed by atoms with Crippen LogP contribution < -0.4 is 9.88 Å². The summed E-state index contributed by atoms with van der Waals surface area (Å²) in [4.78, 5) is 30.0. The van der Waals surface area contributed by atoms with E-state index in [2.05, 4.69) is 9.88 Å². The molecule has 1 amide bonds. The number of pyridine rings is 1. The minimum Gasteiger partial charge on any atom is -0.368 e. The zero-order chi connectivity index (χ0) is 17.1. The van der Waals surface area contributed by atoms with Crippen LogP contribution in [0.25, 0.3) is 0 Å². The average molecular weight is 348 g/mol. The van der Waals surface area contributed by atoms with Crippen LogP contribution in [0, 0.1) is 10.1 Å². The van der Waals surface area contributed by atoms with Gasteiger partial charge in [-0.15, -0.1) is 0 Å². The van der Waals surface area contributed by atoms with E-state index in [1.807, 2.05) is 24.5 Å². The molecule has 0 atom stereocenters. The molecule has 1 N–H and O–H groups in total. The van der Waals surface area contributed by atoms with Gasteiger partial charge in [-0.3, -0.25) is 14.9 Å². The van der Waals surface area contributed by atoms with E-state index in [1.54, 1.807) is 4.90 Å². The molecule has 0 spiro atoms. The molecule has 2 aromatic rings. The lowest BCUT2D eigenvalue weighted by molar-refractivity contribution is -0.385. The van der Waals surface area contributed by atoms with Gasteiger partial charge in [-0.1, -0.05) is 11.6 Å². The number of aromatic nitrogens is 1. The SMILES string of the molecule is O=C(c1ccc(Cl)cc1[N+](=O)[O-])N1CCN(c2cc[nH+]cc2)CC1. The second kappa shape index (κ2) is 6.84. The van der Waals surface area contributed by atoms with Crippen LogP contribution >= 0.6 is 11.6 Å². The highest BCUT2D eigenvalue weighted by atomic mass is 35.5. The third-order valence-electron chi connectivity index (χ3n) is 4.02. The van der Waals surface area contributed by atoms with E-state index in [-0.39, 0.29) is 22.2 Å². The van der Waals surface area contributed by atoms with Gasteiger partial charge >= 0.3 is 0 Å². The van der Waals surface area contributed by atoms with Crippen molar-refractivity contribution in [3.05, 3.63) is 63.4 Å². The number of aromatic amines is 1. The molecule has 1 aromatic carbocycles. The quantitative estimate of drug-likeness (QED) is 0.628.